The highest BCUT2D eigenvalue weighted by atomic mass is 79.9. The van der Waals surface area contributed by atoms with E-state index in [1.807, 2.05) is 18.2 Å². The molecule has 0 unspecified atom stereocenters. The van der Waals surface area contributed by atoms with Gasteiger partial charge in [0, 0.05) is 16.9 Å². The first kappa shape index (κ1) is 28.2. The van der Waals surface area contributed by atoms with E-state index >= 15 is 0 Å². The van der Waals surface area contributed by atoms with Crippen LogP contribution in [0.15, 0.2) is 40.5 Å². The molecule has 0 aromatic heterocycles. The molecule has 1 aliphatic rings. The monoisotopic (exact) mass is 554 g/mol. The summed E-state index contributed by atoms with van der Waals surface area (Å²) in [6.45, 7) is 5.17. The Morgan fingerprint density at radius 1 is 1.06 bits per heavy atom. The zero-order valence-corrected chi connectivity index (χ0v) is 22.0. The Bertz CT molecular complexity index is 958. The first-order chi connectivity index (χ1) is 16.5. The van der Waals surface area contributed by atoms with Gasteiger partial charge in [0.15, 0.2) is 0 Å². The Balaban J connectivity index is 2.21. The molecule has 192 valence electrons. The van der Waals surface area contributed by atoms with Gasteiger partial charge in [0.1, 0.15) is 23.9 Å². The normalized spacial score (nSPS) is 18.3. The average Bonchev–Trinajstić information content (AvgIpc) is 3.23. The number of hydrogen-bond donors (Lipinski definition) is 1. The standard InChI is InChI=1S/C24H31BrN2O8/c1-24(2,3)35-23(31)27-16(11-12-18(27)20(28)32-4)13-17(25)19(21(29)33-5)26-22(30)34-14-15-9-7-6-8-10-15/h6-10,16,18H,11-14H2,1-5H3,(H,26,30)/b19-17-/t16-,18+/m1/s1. The zero-order valence-electron chi connectivity index (χ0n) is 20.5. The maximum Gasteiger partial charge on any atom is 0.412 e. The van der Waals surface area contributed by atoms with Gasteiger partial charge in [-0.1, -0.05) is 46.3 Å². The molecule has 0 aliphatic carbocycles. The van der Waals surface area contributed by atoms with Crippen molar-refractivity contribution in [2.45, 2.75) is 64.3 Å². The third-order valence-corrected chi connectivity index (χ3v) is 5.82. The number of likely N-dealkylation sites (tertiary alicyclic amines) is 1. The van der Waals surface area contributed by atoms with Gasteiger partial charge in [0.2, 0.25) is 0 Å². The number of carbonyl (C=O) groups excluding carboxylic acids is 4. The zero-order chi connectivity index (χ0) is 26.2. The lowest BCUT2D eigenvalue weighted by atomic mass is 10.1. The Kier molecular flexibility index (Phi) is 10.1. The Labute approximate surface area is 213 Å². The summed E-state index contributed by atoms with van der Waals surface area (Å²) < 4.78 is 20.6. The highest BCUT2D eigenvalue weighted by Gasteiger charge is 2.44. The molecule has 0 spiro atoms. The van der Waals surface area contributed by atoms with Crippen LogP contribution in [0.25, 0.3) is 0 Å². The number of nitrogens with zero attached hydrogens (tertiary/aromatic N) is 1. The molecule has 1 aromatic carbocycles. The smallest absolute Gasteiger partial charge is 0.412 e. The van der Waals surface area contributed by atoms with Crippen molar-refractivity contribution in [1.29, 1.82) is 0 Å². The molecule has 1 fully saturated rings. The number of methoxy groups -OCH3 is 2. The molecule has 35 heavy (non-hydrogen) atoms. The van der Waals surface area contributed by atoms with Crippen LogP contribution >= 0.6 is 15.9 Å². The summed E-state index contributed by atoms with van der Waals surface area (Å²) in [5.41, 5.74) is -0.173. The molecule has 0 radical (unpaired) electrons. The van der Waals surface area contributed by atoms with Gasteiger partial charge < -0.3 is 18.9 Å². The summed E-state index contributed by atoms with van der Waals surface area (Å²) in [6.07, 6.45) is -0.617. The molecular weight excluding hydrogens is 524 g/mol. The molecule has 1 aromatic rings. The van der Waals surface area contributed by atoms with Crippen molar-refractivity contribution < 1.29 is 38.1 Å². The average molecular weight is 555 g/mol. The van der Waals surface area contributed by atoms with Crippen LogP contribution in [0.1, 0.15) is 45.6 Å². The number of hydrogen-bond acceptors (Lipinski definition) is 8. The maximum absolute atomic E-state index is 12.9. The van der Waals surface area contributed by atoms with E-state index in [9.17, 15) is 19.2 Å². The van der Waals surface area contributed by atoms with Gasteiger partial charge in [-0.25, -0.2) is 19.2 Å². The van der Waals surface area contributed by atoms with Crippen LogP contribution in [0.5, 0.6) is 0 Å². The molecule has 0 saturated carbocycles. The molecule has 10 nitrogen and oxygen atoms in total. The number of carbonyl (C=O) groups is 4. The SMILES string of the molecule is COC(=O)/C(NC(=O)OCc1ccccc1)=C(/Br)C[C@H]1CC[C@@H](C(=O)OC)N1C(=O)OC(C)(C)C. The second-order valence-electron chi connectivity index (χ2n) is 8.82. The van der Waals surface area contributed by atoms with Crippen molar-refractivity contribution in [3.05, 3.63) is 46.1 Å². The molecule has 1 heterocycles. The van der Waals surface area contributed by atoms with Crippen LogP contribution in [0, 0.1) is 0 Å². The van der Waals surface area contributed by atoms with Gasteiger partial charge in [-0.05, 0) is 39.2 Å². The molecule has 1 saturated heterocycles. The Morgan fingerprint density at radius 3 is 2.29 bits per heavy atom. The minimum atomic E-state index is -0.853. The van der Waals surface area contributed by atoms with Crippen LogP contribution in [-0.4, -0.2) is 60.9 Å². The summed E-state index contributed by atoms with van der Waals surface area (Å²) in [4.78, 5) is 51.3. The van der Waals surface area contributed by atoms with Gasteiger partial charge in [-0.2, -0.15) is 0 Å². The summed E-state index contributed by atoms with van der Waals surface area (Å²) in [5.74, 6) is -1.37. The van der Waals surface area contributed by atoms with E-state index in [4.69, 9.17) is 18.9 Å². The first-order valence-electron chi connectivity index (χ1n) is 11.0. The van der Waals surface area contributed by atoms with E-state index in [0.717, 1.165) is 5.56 Å². The van der Waals surface area contributed by atoms with Crippen LogP contribution in [-0.2, 0) is 35.1 Å². The van der Waals surface area contributed by atoms with Crippen molar-refractivity contribution in [3.63, 3.8) is 0 Å². The van der Waals surface area contributed by atoms with Crippen molar-refractivity contribution in [3.8, 4) is 0 Å². The molecular formula is C24H31BrN2O8. The van der Waals surface area contributed by atoms with E-state index in [2.05, 4.69) is 21.2 Å². The molecule has 1 aliphatic heterocycles. The topological polar surface area (TPSA) is 120 Å². The molecule has 0 bridgehead atoms. The van der Waals surface area contributed by atoms with E-state index in [-0.39, 0.29) is 23.2 Å². The summed E-state index contributed by atoms with van der Waals surface area (Å²) in [6, 6.07) is 7.72. The van der Waals surface area contributed by atoms with Crippen LogP contribution in [0.4, 0.5) is 9.59 Å². The number of nitrogens with one attached hydrogen (secondary N) is 1. The van der Waals surface area contributed by atoms with Crippen molar-refractivity contribution >= 4 is 40.1 Å². The quantitative estimate of drug-likeness (QED) is 0.304. The number of benzene rings is 1. The number of halogens is 1. The van der Waals surface area contributed by atoms with Crippen LogP contribution in [0.2, 0.25) is 0 Å². The number of esters is 2. The van der Waals surface area contributed by atoms with Gasteiger partial charge in [0.05, 0.1) is 14.2 Å². The van der Waals surface area contributed by atoms with E-state index in [1.165, 1.54) is 19.1 Å². The Morgan fingerprint density at radius 2 is 1.71 bits per heavy atom. The fourth-order valence-corrected chi connectivity index (χ4v) is 4.18. The summed E-state index contributed by atoms with van der Waals surface area (Å²) in [7, 11) is 2.43. The lowest BCUT2D eigenvalue weighted by molar-refractivity contribution is -0.146. The van der Waals surface area contributed by atoms with Crippen molar-refractivity contribution in [2.24, 2.45) is 0 Å². The highest BCUT2D eigenvalue weighted by Crippen LogP contribution is 2.33. The van der Waals surface area contributed by atoms with E-state index in [1.54, 1.807) is 32.9 Å². The van der Waals surface area contributed by atoms with Crippen LogP contribution < -0.4 is 5.32 Å². The molecule has 2 amide bonds. The predicted octanol–water partition coefficient (Wildman–Crippen LogP) is 4.02. The minimum Gasteiger partial charge on any atom is -0.467 e. The third-order valence-electron chi connectivity index (χ3n) is 5.10. The van der Waals surface area contributed by atoms with Gasteiger partial charge in [-0.3, -0.25) is 10.2 Å². The van der Waals surface area contributed by atoms with Crippen molar-refractivity contribution in [1.82, 2.24) is 10.2 Å². The highest BCUT2D eigenvalue weighted by molar-refractivity contribution is 9.11. The predicted molar refractivity (Wildman–Crippen MR) is 129 cm³/mol. The number of rotatable bonds is 7. The largest absolute Gasteiger partial charge is 0.467 e. The summed E-state index contributed by atoms with van der Waals surface area (Å²) >= 11 is 3.35. The first-order valence-corrected chi connectivity index (χ1v) is 11.8. The molecule has 2 rings (SSSR count). The number of ether oxygens (including phenoxy) is 4. The van der Waals surface area contributed by atoms with Gasteiger partial charge in [-0.15, -0.1) is 0 Å². The molecule has 11 heteroatoms. The lowest BCUT2D eigenvalue weighted by Gasteiger charge is -2.31. The van der Waals surface area contributed by atoms with E-state index in [0.29, 0.717) is 12.8 Å². The maximum atomic E-state index is 12.9. The van der Waals surface area contributed by atoms with Gasteiger partial charge in [0.25, 0.3) is 0 Å². The molecule has 2 atom stereocenters. The molecule has 1 N–H and O–H groups in total. The fourth-order valence-electron chi connectivity index (χ4n) is 3.54. The minimum absolute atomic E-state index is 0.00853. The van der Waals surface area contributed by atoms with Gasteiger partial charge >= 0.3 is 24.1 Å². The number of amides is 2. The lowest BCUT2D eigenvalue weighted by Crippen LogP contribution is -2.47. The Hall–Kier alpha value is -3.08. The fraction of sp³-hybridized carbons (Fsp3) is 0.500. The second kappa shape index (κ2) is 12.6. The third kappa shape index (κ3) is 8.27. The summed E-state index contributed by atoms with van der Waals surface area (Å²) in [5, 5.41) is 2.41. The van der Waals surface area contributed by atoms with Crippen molar-refractivity contribution in [2.75, 3.05) is 14.2 Å². The number of alkyl carbamates (subject to hydrolysis) is 1. The van der Waals surface area contributed by atoms with E-state index < -0.39 is 41.8 Å². The van der Waals surface area contributed by atoms with Crippen LogP contribution in [0.3, 0.4) is 0 Å². The second-order valence-corrected chi connectivity index (χ2v) is 9.78.